The minimum atomic E-state index is -1.24. The number of nitrogens with one attached hydrogen (secondary N) is 1. The Kier molecular flexibility index (Phi) is 5.17. The van der Waals surface area contributed by atoms with E-state index in [1.807, 2.05) is 13.0 Å². The zero-order valence-corrected chi connectivity index (χ0v) is 15.7. The van der Waals surface area contributed by atoms with Crippen LogP contribution in [-0.2, 0) is 15.1 Å². The SMILES string of the molecule is CCC1CCCCN1C(=O)CN1C(=O)NC(C)(c2ccc(C#N)cc2)C1=O. The highest BCUT2D eigenvalue weighted by Gasteiger charge is 2.49. The number of carbonyl (C=O) groups is 3. The lowest BCUT2D eigenvalue weighted by atomic mass is 9.91. The van der Waals surface area contributed by atoms with Gasteiger partial charge in [0.15, 0.2) is 0 Å². The van der Waals surface area contributed by atoms with Gasteiger partial charge in [0.25, 0.3) is 5.91 Å². The second kappa shape index (κ2) is 7.39. The molecule has 2 heterocycles. The average molecular weight is 368 g/mol. The molecule has 2 aliphatic heterocycles. The predicted octanol–water partition coefficient (Wildman–Crippen LogP) is 2.12. The Morgan fingerprint density at radius 1 is 1.30 bits per heavy atom. The third-order valence-corrected chi connectivity index (χ3v) is 5.58. The number of hydrogen-bond donors (Lipinski definition) is 1. The molecular formula is C20H24N4O3. The zero-order valence-electron chi connectivity index (χ0n) is 15.7. The Hall–Kier alpha value is -2.88. The van der Waals surface area contributed by atoms with Crippen molar-refractivity contribution in [2.24, 2.45) is 0 Å². The maximum Gasteiger partial charge on any atom is 0.325 e. The molecule has 2 aliphatic rings. The molecule has 7 heteroatoms. The molecule has 142 valence electrons. The molecule has 0 aromatic heterocycles. The van der Waals surface area contributed by atoms with Gasteiger partial charge in [-0.1, -0.05) is 19.1 Å². The van der Waals surface area contributed by atoms with Crippen LogP contribution in [0.25, 0.3) is 0 Å². The maximum absolute atomic E-state index is 13.0. The summed E-state index contributed by atoms with van der Waals surface area (Å²) in [7, 11) is 0. The number of hydrogen-bond acceptors (Lipinski definition) is 4. The van der Waals surface area contributed by atoms with Gasteiger partial charge in [0.05, 0.1) is 11.6 Å². The van der Waals surface area contributed by atoms with Gasteiger partial charge in [0.1, 0.15) is 12.1 Å². The van der Waals surface area contributed by atoms with Crippen LogP contribution in [0.4, 0.5) is 4.79 Å². The summed E-state index contributed by atoms with van der Waals surface area (Å²) in [6.45, 7) is 4.10. The number of rotatable bonds is 4. The lowest BCUT2D eigenvalue weighted by Gasteiger charge is -2.36. The number of likely N-dealkylation sites (tertiary alicyclic amines) is 1. The van der Waals surface area contributed by atoms with Crippen molar-refractivity contribution in [2.75, 3.05) is 13.1 Å². The summed E-state index contributed by atoms with van der Waals surface area (Å²) in [6, 6.07) is 8.15. The number of benzene rings is 1. The molecule has 0 saturated carbocycles. The maximum atomic E-state index is 13.0. The fraction of sp³-hybridized carbons (Fsp3) is 0.500. The van der Waals surface area contributed by atoms with Crippen LogP contribution in [0.5, 0.6) is 0 Å². The number of nitriles is 1. The van der Waals surface area contributed by atoms with E-state index in [0.717, 1.165) is 30.6 Å². The van der Waals surface area contributed by atoms with E-state index in [0.29, 0.717) is 17.7 Å². The quantitative estimate of drug-likeness (QED) is 0.824. The van der Waals surface area contributed by atoms with E-state index in [-0.39, 0.29) is 18.5 Å². The van der Waals surface area contributed by atoms with E-state index in [4.69, 9.17) is 5.26 Å². The first-order valence-corrected chi connectivity index (χ1v) is 9.35. The van der Waals surface area contributed by atoms with Crippen molar-refractivity contribution in [2.45, 2.75) is 51.1 Å². The van der Waals surface area contributed by atoms with E-state index in [1.54, 1.807) is 36.1 Å². The fourth-order valence-corrected chi connectivity index (χ4v) is 3.89. The summed E-state index contributed by atoms with van der Waals surface area (Å²) in [5.74, 6) is -0.634. The number of carbonyl (C=O) groups excluding carboxylic acids is 3. The third-order valence-electron chi connectivity index (χ3n) is 5.58. The molecule has 1 aromatic rings. The van der Waals surface area contributed by atoms with E-state index < -0.39 is 17.5 Å². The van der Waals surface area contributed by atoms with Gasteiger partial charge in [0.2, 0.25) is 5.91 Å². The zero-order chi connectivity index (χ0) is 19.6. The molecule has 1 aromatic carbocycles. The Balaban J connectivity index is 1.77. The summed E-state index contributed by atoms with van der Waals surface area (Å²) in [5, 5.41) is 11.6. The molecule has 27 heavy (non-hydrogen) atoms. The van der Waals surface area contributed by atoms with E-state index in [9.17, 15) is 14.4 Å². The van der Waals surface area contributed by atoms with Crippen LogP contribution in [-0.4, -0.2) is 46.8 Å². The topological polar surface area (TPSA) is 93.5 Å². The highest BCUT2D eigenvalue weighted by atomic mass is 16.2. The van der Waals surface area contributed by atoms with E-state index in [2.05, 4.69) is 5.32 Å². The van der Waals surface area contributed by atoms with Gasteiger partial charge in [-0.15, -0.1) is 0 Å². The van der Waals surface area contributed by atoms with Crippen molar-refractivity contribution >= 4 is 17.8 Å². The number of imide groups is 1. The summed E-state index contributed by atoms with van der Waals surface area (Å²) in [4.78, 5) is 41.0. The molecule has 2 unspecified atom stereocenters. The third kappa shape index (κ3) is 3.39. The molecule has 7 nitrogen and oxygen atoms in total. The first-order chi connectivity index (χ1) is 12.9. The van der Waals surface area contributed by atoms with Gasteiger partial charge in [-0.25, -0.2) is 4.79 Å². The highest BCUT2D eigenvalue weighted by Crippen LogP contribution is 2.29. The Morgan fingerprint density at radius 3 is 2.63 bits per heavy atom. The van der Waals surface area contributed by atoms with Crippen LogP contribution >= 0.6 is 0 Å². The largest absolute Gasteiger partial charge is 0.338 e. The van der Waals surface area contributed by atoms with Gasteiger partial charge in [-0.3, -0.25) is 14.5 Å². The van der Waals surface area contributed by atoms with Gasteiger partial charge >= 0.3 is 6.03 Å². The van der Waals surface area contributed by atoms with Crippen LogP contribution < -0.4 is 5.32 Å². The van der Waals surface area contributed by atoms with Crippen molar-refractivity contribution in [1.82, 2.24) is 15.1 Å². The average Bonchev–Trinajstić information content (AvgIpc) is 2.91. The molecule has 2 fully saturated rings. The number of urea groups is 1. The normalized spacial score (nSPS) is 25.3. The van der Waals surface area contributed by atoms with E-state index in [1.165, 1.54) is 0 Å². The molecule has 4 amide bonds. The molecule has 0 spiro atoms. The van der Waals surface area contributed by atoms with Gasteiger partial charge in [-0.05, 0) is 50.3 Å². The van der Waals surface area contributed by atoms with Gasteiger partial charge < -0.3 is 10.2 Å². The number of nitrogens with zero attached hydrogens (tertiary/aromatic N) is 3. The monoisotopic (exact) mass is 368 g/mol. The highest BCUT2D eigenvalue weighted by molar-refractivity contribution is 6.09. The molecule has 1 N–H and O–H groups in total. The lowest BCUT2D eigenvalue weighted by molar-refractivity contribution is -0.141. The smallest absolute Gasteiger partial charge is 0.325 e. The second-order valence-corrected chi connectivity index (χ2v) is 7.28. The van der Waals surface area contributed by atoms with Crippen LogP contribution in [0.1, 0.15) is 50.7 Å². The Bertz CT molecular complexity index is 798. The van der Waals surface area contributed by atoms with Crippen molar-refractivity contribution in [3.8, 4) is 6.07 Å². The van der Waals surface area contributed by atoms with Crippen molar-refractivity contribution in [3.05, 3.63) is 35.4 Å². The van der Waals surface area contributed by atoms with E-state index >= 15 is 0 Å². The first-order valence-electron chi connectivity index (χ1n) is 9.35. The van der Waals surface area contributed by atoms with Crippen LogP contribution in [0.15, 0.2) is 24.3 Å². The fourth-order valence-electron chi connectivity index (χ4n) is 3.89. The van der Waals surface area contributed by atoms with Gasteiger partial charge in [0, 0.05) is 12.6 Å². The summed E-state index contributed by atoms with van der Waals surface area (Å²) < 4.78 is 0. The van der Waals surface area contributed by atoms with Crippen molar-refractivity contribution < 1.29 is 14.4 Å². The minimum Gasteiger partial charge on any atom is -0.338 e. The first kappa shape index (κ1) is 18.9. The molecule has 0 radical (unpaired) electrons. The Morgan fingerprint density at radius 2 is 2.00 bits per heavy atom. The molecular weight excluding hydrogens is 344 g/mol. The molecule has 3 rings (SSSR count). The van der Waals surface area contributed by atoms with Gasteiger partial charge in [-0.2, -0.15) is 5.26 Å². The minimum absolute atomic E-state index is 0.178. The molecule has 0 aliphatic carbocycles. The summed E-state index contributed by atoms with van der Waals surface area (Å²) >= 11 is 0. The van der Waals surface area contributed by atoms with Crippen molar-refractivity contribution in [3.63, 3.8) is 0 Å². The standard InChI is InChI=1S/C20H24N4O3/c1-3-16-6-4-5-11-23(16)17(25)13-24-18(26)20(2,22-19(24)27)15-9-7-14(12-21)8-10-15/h7-10,16H,3-6,11,13H2,1-2H3,(H,22,27). The summed E-state index contributed by atoms with van der Waals surface area (Å²) in [6.07, 6.45) is 3.88. The molecule has 2 saturated heterocycles. The molecule has 0 bridgehead atoms. The van der Waals surface area contributed by atoms with Crippen LogP contribution in [0.3, 0.4) is 0 Å². The lowest BCUT2D eigenvalue weighted by Crippen LogP contribution is -2.49. The number of amides is 4. The predicted molar refractivity (Wildman–Crippen MR) is 98.4 cm³/mol. The van der Waals surface area contributed by atoms with Crippen molar-refractivity contribution in [1.29, 1.82) is 5.26 Å². The Labute approximate surface area is 158 Å². The van der Waals surface area contributed by atoms with Crippen LogP contribution in [0, 0.1) is 11.3 Å². The van der Waals surface area contributed by atoms with Crippen LogP contribution in [0.2, 0.25) is 0 Å². The number of piperidine rings is 1. The molecule has 2 atom stereocenters. The second-order valence-electron chi connectivity index (χ2n) is 7.28. The summed E-state index contributed by atoms with van der Waals surface area (Å²) in [5.41, 5.74) is -0.182.